The van der Waals surface area contributed by atoms with E-state index >= 15 is 0 Å². The van der Waals surface area contributed by atoms with Crippen molar-refractivity contribution in [3.8, 4) is 5.75 Å². The first kappa shape index (κ1) is 13.6. The molecule has 2 rings (SSSR count). The van der Waals surface area contributed by atoms with Crippen LogP contribution in [0.15, 0.2) is 30.6 Å². The average Bonchev–Trinajstić information content (AvgIpc) is 2.85. The highest BCUT2D eigenvalue weighted by Crippen LogP contribution is 2.12. The number of nitrogens with zero attached hydrogens (tertiary/aromatic N) is 2. The Labute approximate surface area is 112 Å². The van der Waals surface area contributed by atoms with Gasteiger partial charge in [-0.15, -0.1) is 0 Å². The molecule has 0 saturated carbocycles. The van der Waals surface area contributed by atoms with E-state index in [0.29, 0.717) is 17.8 Å². The summed E-state index contributed by atoms with van der Waals surface area (Å²) < 4.78 is 7.14. The summed E-state index contributed by atoms with van der Waals surface area (Å²) in [5.41, 5.74) is 1.34. The molecule has 1 aromatic heterocycles. The third-order valence-electron chi connectivity index (χ3n) is 3.04. The number of methoxy groups -OCH3 is 1. The molecule has 6 heteroatoms. The Balaban J connectivity index is 2.28. The number of ether oxygens (including phenoxy) is 1. The molecule has 0 spiro atoms. The number of aryl methyl sites for hydroxylation is 1. The summed E-state index contributed by atoms with van der Waals surface area (Å²) in [5.74, 6) is 1.47. The molecule has 19 heavy (non-hydrogen) atoms. The maximum Gasteiger partial charge on any atom is 0.492 e. The van der Waals surface area contributed by atoms with Crippen LogP contribution >= 0.6 is 0 Å². The highest BCUT2D eigenvalue weighted by atomic mass is 16.5. The van der Waals surface area contributed by atoms with E-state index < -0.39 is 7.12 Å². The minimum atomic E-state index is -1.54. The standard InChI is InChI=1S/C13H17BN2O3/c1-3-13-15-6-7-16(13)9-10-4-5-12(19-2)11(8-10)14(17)18/h4-8,17-18H,3,9H2,1-2H3. The van der Waals surface area contributed by atoms with Crippen LogP contribution < -0.4 is 10.2 Å². The van der Waals surface area contributed by atoms with Crippen molar-refractivity contribution in [2.24, 2.45) is 0 Å². The van der Waals surface area contributed by atoms with E-state index in [0.717, 1.165) is 17.8 Å². The Morgan fingerprint density at radius 1 is 1.37 bits per heavy atom. The van der Waals surface area contributed by atoms with E-state index in [4.69, 9.17) is 4.74 Å². The lowest BCUT2D eigenvalue weighted by atomic mass is 9.78. The van der Waals surface area contributed by atoms with Gasteiger partial charge in [0.15, 0.2) is 0 Å². The first-order chi connectivity index (χ1) is 9.15. The third-order valence-corrected chi connectivity index (χ3v) is 3.04. The molecule has 2 aromatic rings. The second-order valence-corrected chi connectivity index (χ2v) is 4.27. The van der Waals surface area contributed by atoms with E-state index in [9.17, 15) is 10.0 Å². The van der Waals surface area contributed by atoms with Crippen molar-refractivity contribution in [3.63, 3.8) is 0 Å². The fourth-order valence-corrected chi connectivity index (χ4v) is 2.08. The van der Waals surface area contributed by atoms with Gasteiger partial charge >= 0.3 is 7.12 Å². The molecule has 0 radical (unpaired) electrons. The van der Waals surface area contributed by atoms with Crippen LogP contribution in [0.1, 0.15) is 18.3 Å². The number of aromatic nitrogens is 2. The Kier molecular flexibility index (Phi) is 4.24. The number of hydrogen-bond donors (Lipinski definition) is 2. The fourth-order valence-electron chi connectivity index (χ4n) is 2.08. The van der Waals surface area contributed by atoms with Gasteiger partial charge < -0.3 is 19.4 Å². The Morgan fingerprint density at radius 3 is 2.79 bits per heavy atom. The quantitative estimate of drug-likeness (QED) is 0.753. The van der Waals surface area contributed by atoms with Gasteiger partial charge in [0.1, 0.15) is 11.6 Å². The van der Waals surface area contributed by atoms with E-state index in [1.807, 2.05) is 16.8 Å². The summed E-state index contributed by atoms with van der Waals surface area (Å²) in [6, 6.07) is 5.39. The zero-order valence-electron chi connectivity index (χ0n) is 11.1. The molecular formula is C13H17BN2O3. The van der Waals surface area contributed by atoms with Gasteiger partial charge in [-0.1, -0.05) is 19.1 Å². The largest absolute Gasteiger partial charge is 0.497 e. The summed E-state index contributed by atoms with van der Waals surface area (Å²) >= 11 is 0. The summed E-state index contributed by atoms with van der Waals surface area (Å²) in [6.07, 6.45) is 4.54. The van der Waals surface area contributed by atoms with E-state index in [1.165, 1.54) is 7.11 Å². The SMILES string of the molecule is CCc1nccn1Cc1ccc(OC)c(B(O)O)c1. The molecule has 0 bridgehead atoms. The lowest BCUT2D eigenvalue weighted by Gasteiger charge is -2.11. The van der Waals surface area contributed by atoms with E-state index in [-0.39, 0.29) is 0 Å². The van der Waals surface area contributed by atoms with Crippen LogP contribution in [0.25, 0.3) is 0 Å². The fraction of sp³-hybridized carbons (Fsp3) is 0.308. The number of rotatable bonds is 5. The molecule has 0 aliphatic rings. The Morgan fingerprint density at radius 2 is 2.16 bits per heavy atom. The van der Waals surface area contributed by atoms with Gasteiger partial charge in [-0.3, -0.25) is 0 Å². The molecule has 0 atom stereocenters. The number of benzene rings is 1. The molecule has 0 aliphatic carbocycles. The van der Waals surface area contributed by atoms with E-state index in [1.54, 1.807) is 18.3 Å². The van der Waals surface area contributed by atoms with Crippen molar-refractivity contribution in [1.29, 1.82) is 0 Å². The highest BCUT2D eigenvalue weighted by Gasteiger charge is 2.17. The van der Waals surface area contributed by atoms with Crippen molar-refractivity contribution in [1.82, 2.24) is 9.55 Å². The number of hydrogen-bond acceptors (Lipinski definition) is 4. The smallest absolute Gasteiger partial charge is 0.492 e. The Hall–Kier alpha value is -1.79. The predicted molar refractivity (Wildman–Crippen MR) is 73.5 cm³/mol. The third kappa shape index (κ3) is 2.97. The molecule has 1 aromatic carbocycles. The molecule has 5 nitrogen and oxygen atoms in total. The molecule has 1 heterocycles. The Bertz CT molecular complexity index is 555. The topological polar surface area (TPSA) is 67.5 Å². The van der Waals surface area contributed by atoms with Gasteiger partial charge in [-0.05, 0) is 11.6 Å². The maximum atomic E-state index is 9.34. The maximum absolute atomic E-state index is 9.34. The van der Waals surface area contributed by atoms with Gasteiger partial charge in [0.2, 0.25) is 0 Å². The van der Waals surface area contributed by atoms with Crippen molar-refractivity contribution in [3.05, 3.63) is 42.0 Å². The molecule has 0 unspecified atom stereocenters. The van der Waals surface area contributed by atoms with Crippen LogP contribution in [0, 0.1) is 0 Å². The summed E-state index contributed by atoms with van der Waals surface area (Å²) in [5, 5.41) is 18.7. The molecule has 0 amide bonds. The van der Waals surface area contributed by atoms with Gasteiger partial charge in [-0.25, -0.2) is 4.98 Å². The summed E-state index contributed by atoms with van der Waals surface area (Å²) in [6.45, 7) is 2.70. The van der Waals surface area contributed by atoms with Gasteiger partial charge in [0.25, 0.3) is 0 Å². The average molecular weight is 260 g/mol. The first-order valence-corrected chi connectivity index (χ1v) is 6.18. The number of imidazole rings is 1. The monoisotopic (exact) mass is 260 g/mol. The van der Waals surface area contributed by atoms with Crippen LogP contribution in [0.3, 0.4) is 0 Å². The zero-order chi connectivity index (χ0) is 13.8. The van der Waals surface area contributed by atoms with Gasteiger partial charge in [-0.2, -0.15) is 0 Å². The minimum Gasteiger partial charge on any atom is -0.497 e. The van der Waals surface area contributed by atoms with Crippen LogP contribution in [0.4, 0.5) is 0 Å². The second-order valence-electron chi connectivity index (χ2n) is 4.27. The predicted octanol–water partition coefficient (Wildman–Crippen LogP) is 0.182. The van der Waals surface area contributed by atoms with Crippen molar-refractivity contribution in [2.75, 3.05) is 7.11 Å². The van der Waals surface area contributed by atoms with Crippen molar-refractivity contribution in [2.45, 2.75) is 19.9 Å². The molecule has 2 N–H and O–H groups in total. The molecule has 100 valence electrons. The molecule has 0 aliphatic heterocycles. The van der Waals surface area contributed by atoms with Crippen molar-refractivity contribution >= 4 is 12.6 Å². The van der Waals surface area contributed by atoms with E-state index in [2.05, 4.69) is 11.9 Å². The van der Waals surface area contributed by atoms with Crippen LogP contribution in [0.5, 0.6) is 5.75 Å². The second kappa shape index (κ2) is 5.90. The molecule has 0 saturated heterocycles. The lowest BCUT2D eigenvalue weighted by molar-refractivity contribution is 0.403. The highest BCUT2D eigenvalue weighted by molar-refractivity contribution is 6.59. The summed E-state index contributed by atoms with van der Waals surface area (Å²) in [7, 11) is -0.0327. The van der Waals surface area contributed by atoms with Crippen molar-refractivity contribution < 1.29 is 14.8 Å². The zero-order valence-corrected chi connectivity index (χ0v) is 11.1. The summed E-state index contributed by atoms with van der Waals surface area (Å²) in [4.78, 5) is 4.26. The molecular weight excluding hydrogens is 243 g/mol. The van der Waals surface area contributed by atoms with Crippen LogP contribution in [-0.4, -0.2) is 33.8 Å². The van der Waals surface area contributed by atoms with Gasteiger partial charge in [0.05, 0.1) is 7.11 Å². The first-order valence-electron chi connectivity index (χ1n) is 6.18. The molecule has 0 fully saturated rings. The minimum absolute atomic E-state index is 0.373. The normalized spacial score (nSPS) is 10.5. The van der Waals surface area contributed by atoms with Gasteiger partial charge in [0, 0.05) is 30.8 Å². The van der Waals surface area contributed by atoms with Crippen LogP contribution in [0.2, 0.25) is 0 Å². The van der Waals surface area contributed by atoms with Crippen LogP contribution in [-0.2, 0) is 13.0 Å². The lowest BCUT2D eigenvalue weighted by Crippen LogP contribution is -2.31.